The number of anilines is 1. The zero-order chi connectivity index (χ0) is 12.8. The van der Waals surface area contributed by atoms with Gasteiger partial charge in [0.25, 0.3) is 0 Å². The van der Waals surface area contributed by atoms with Crippen LogP contribution in [-0.2, 0) is 9.53 Å². The van der Waals surface area contributed by atoms with Crippen molar-refractivity contribution in [3.63, 3.8) is 0 Å². The van der Waals surface area contributed by atoms with Gasteiger partial charge in [-0.3, -0.25) is 0 Å². The van der Waals surface area contributed by atoms with Crippen molar-refractivity contribution in [3.8, 4) is 0 Å². The molecule has 1 heterocycles. The third-order valence-electron chi connectivity index (χ3n) is 2.33. The number of ether oxygens (including phenoxy) is 1. The Hall–Kier alpha value is -2.21. The molecule has 2 rings (SSSR count). The van der Waals surface area contributed by atoms with Crippen LogP contribution in [0.15, 0.2) is 30.5 Å². The Bertz CT molecular complexity index is 540. The van der Waals surface area contributed by atoms with Crippen LogP contribution >= 0.6 is 0 Å². The third-order valence-corrected chi connectivity index (χ3v) is 2.33. The van der Waals surface area contributed by atoms with Crippen LogP contribution in [0, 0.1) is 0 Å². The van der Waals surface area contributed by atoms with Gasteiger partial charge in [0, 0.05) is 11.9 Å². The van der Waals surface area contributed by atoms with Gasteiger partial charge in [0.15, 0.2) is 0 Å². The lowest BCUT2D eigenvalue weighted by Gasteiger charge is -2.08. The molecule has 1 aromatic carbocycles. The van der Waals surface area contributed by atoms with E-state index >= 15 is 0 Å². The van der Waals surface area contributed by atoms with E-state index < -0.39 is 5.97 Å². The SMILES string of the molecule is O=C(O)COCCNc1cnnc2ccccc12. The highest BCUT2D eigenvalue weighted by Gasteiger charge is 2.01. The summed E-state index contributed by atoms with van der Waals surface area (Å²) in [5, 5.41) is 20.4. The second-order valence-corrected chi connectivity index (χ2v) is 3.65. The summed E-state index contributed by atoms with van der Waals surface area (Å²) < 4.78 is 4.93. The Morgan fingerprint density at radius 2 is 2.22 bits per heavy atom. The van der Waals surface area contributed by atoms with Gasteiger partial charge in [-0.25, -0.2) is 4.79 Å². The molecular formula is C12H13N3O3. The highest BCUT2D eigenvalue weighted by atomic mass is 16.5. The normalized spacial score (nSPS) is 10.4. The molecule has 0 aliphatic rings. The topological polar surface area (TPSA) is 84.3 Å². The van der Waals surface area contributed by atoms with E-state index in [0.717, 1.165) is 16.6 Å². The van der Waals surface area contributed by atoms with Crippen molar-refractivity contribution in [1.82, 2.24) is 10.2 Å². The van der Waals surface area contributed by atoms with E-state index in [-0.39, 0.29) is 6.61 Å². The van der Waals surface area contributed by atoms with Crippen molar-refractivity contribution in [1.29, 1.82) is 0 Å². The fourth-order valence-corrected chi connectivity index (χ4v) is 1.57. The van der Waals surface area contributed by atoms with E-state index in [1.54, 1.807) is 6.20 Å². The Morgan fingerprint density at radius 3 is 3.06 bits per heavy atom. The number of rotatable bonds is 6. The van der Waals surface area contributed by atoms with E-state index in [9.17, 15) is 4.79 Å². The molecule has 0 saturated carbocycles. The van der Waals surface area contributed by atoms with E-state index in [2.05, 4.69) is 15.5 Å². The van der Waals surface area contributed by atoms with E-state index in [1.807, 2.05) is 24.3 Å². The first kappa shape index (κ1) is 12.3. The molecule has 18 heavy (non-hydrogen) atoms. The fraction of sp³-hybridized carbons (Fsp3) is 0.250. The van der Waals surface area contributed by atoms with Crippen molar-refractivity contribution >= 4 is 22.6 Å². The quantitative estimate of drug-likeness (QED) is 0.745. The van der Waals surface area contributed by atoms with Gasteiger partial charge in [0.1, 0.15) is 6.61 Å². The molecule has 0 amide bonds. The molecule has 0 unspecified atom stereocenters. The summed E-state index contributed by atoms with van der Waals surface area (Å²) in [4.78, 5) is 10.2. The molecular weight excluding hydrogens is 234 g/mol. The summed E-state index contributed by atoms with van der Waals surface area (Å²) in [6.07, 6.45) is 1.64. The second kappa shape index (κ2) is 5.92. The lowest BCUT2D eigenvalue weighted by molar-refractivity contribution is -0.142. The molecule has 1 aromatic heterocycles. The van der Waals surface area contributed by atoms with Crippen molar-refractivity contribution in [3.05, 3.63) is 30.5 Å². The standard InChI is InChI=1S/C12H13N3O3/c16-12(17)8-18-6-5-13-11-7-14-15-10-4-2-1-3-9(10)11/h1-4,7H,5-6,8H2,(H,13,15)(H,16,17). The number of hydrogen-bond acceptors (Lipinski definition) is 5. The smallest absolute Gasteiger partial charge is 0.329 e. The van der Waals surface area contributed by atoms with Gasteiger partial charge in [-0.05, 0) is 6.07 Å². The number of aromatic nitrogens is 2. The molecule has 0 aliphatic heterocycles. The van der Waals surface area contributed by atoms with Crippen LogP contribution in [0.5, 0.6) is 0 Å². The molecule has 0 atom stereocenters. The molecule has 0 bridgehead atoms. The van der Waals surface area contributed by atoms with Crippen molar-refractivity contribution in [2.24, 2.45) is 0 Å². The van der Waals surface area contributed by atoms with Crippen molar-refractivity contribution in [2.75, 3.05) is 25.1 Å². The van der Waals surface area contributed by atoms with Crippen LogP contribution in [0.2, 0.25) is 0 Å². The molecule has 94 valence electrons. The highest BCUT2D eigenvalue weighted by Crippen LogP contribution is 2.19. The fourth-order valence-electron chi connectivity index (χ4n) is 1.57. The van der Waals surface area contributed by atoms with Crippen LogP contribution in [-0.4, -0.2) is 41.0 Å². The maximum Gasteiger partial charge on any atom is 0.329 e. The molecule has 0 aliphatic carbocycles. The van der Waals surface area contributed by atoms with Crippen molar-refractivity contribution in [2.45, 2.75) is 0 Å². The van der Waals surface area contributed by atoms with E-state index in [4.69, 9.17) is 9.84 Å². The molecule has 6 heteroatoms. The van der Waals surface area contributed by atoms with Crippen molar-refractivity contribution < 1.29 is 14.6 Å². The third kappa shape index (κ3) is 3.14. The zero-order valence-corrected chi connectivity index (χ0v) is 9.67. The van der Waals surface area contributed by atoms with E-state index in [0.29, 0.717) is 13.2 Å². The predicted octanol–water partition coefficient (Wildman–Crippen LogP) is 1.14. The largest absolute Gasteiger partial charge is 0.480 e. The Kier molecular flexibility index (Phi) is 4.03. The molecule has 0 radical (unpaired) electrons. The summed E-state index contributed by atoms with van der Waals surface area (Å²) in [5.74, 6) is -0.967. The zero-order valence-electron chi connectivity index (χ0n) is 9.67. The Balaban J connectivity index is 1.93. The first-order valence-electron chi connectivity index (χ1n) is 5.51. The van der Waals surface area contributed by atoms with Gasteiger partial charge in [-0.1, -0.05) is 18.2 Å². The lowest BCUT2D eigenvalue weighted by atomic mass is 10.2. The molecule has 6 nitrogen and oxygen atoms in total. The predicted molar refractivity (Wildman–Crippen MR) is 66.5 cm³/mol. The van der Waals surface area contributed by atoms with Crippen LogP contribution in [0.25, 0.3) is 10.9 Å². The van der Waals surface area contributed by atoms with E-state index in [1.165, 1.54) is 0 Å². The number of carboxylic acid groups (broad SMARTS) is 1. The lowest BCUT2D eigenvalue weighted by Crippen LogP contribution is -2.14. The summed E-state index contributed by atoms with van der Waals surface area (Å²) in [7, 11) is 0. The maximum absolute atomic E-state index is 10.2. The average Bonchev–Trinajstić information content (AvgIpc) is 2.38. The number of aliphatic carboxylic acids is 1. The average molecular weight is 247 g/mol. The molecule has 2 aromatic rings. The van der Waals surface area contributed by atoms with Gasteiger partial charge in [0.05, 0.1) is 24.0 Å². The van der Waals surface area contributed by atoms with Crippen LogP contribution in [0.3, 0.4) is 0 Å². The van der Waals surface area contributed by atoms with Crippen LogP contribution < -0.4 is 5.32 Å². The number of fused-ring (bicyclic) bond motifs is 1. The van der Waals surface area contributed by atoms with Crippen LogP contribution in [0.1, 0.15) is 0 Å². The highest BCUT2D eigenvalue weighted by molar-refractivity contribution is 5.90. The van der Waals surface area contributed by atoms with Crippen LogP contribution in [0.4, 0.5) is 5.69 Å². The monoisotopic (exact) mass is 247 g/mol. The maximum atomic E-state index is 10.2. The summed E-state index contributed by atoms with van der Waals surface area (Å²) in [5.41, 5.74) is 1.67. The molecule has 0 spiro atoms. The number of carboxylic acids is 1. The van der Waals surface area contributed by atoms with Gasteiger partial charge in [-0.15, -0.1) is 0 Å². The number of nitrogens with zero attached hydrogens (tertiary/aromatic N) is 2. The number of hydrogen-bond donors (Lipinski definition) is 2. The Labute approximate surface area is 104 Å². The van der Waals surface area contributed by atoms with Gasteiger partial charge in [0.2, 0.25) is 0 Å². The minimum Gasteiger partial charge on any atom is -0.480 e. The minimum atomic E-state index is -0.967. The molecule has 0 fully saturated rings. The molecule has 2 N–H and O–H groups in total. The number of nitrogens with one attached hydrogen (secondary N) is 1. The number of benzene rings is 1. The van der Waals surface area contributed by atoms with Gasteiger partial charge < -0.3 is 15.2 Å². The summed E-state index contributed by atoms with van der Waals surface area (Å²) in [6.45, 7) is 0.558. The Morgan fingerprint density at radius 1 is 1.39 bits per heavy atom. The first-order chi connectivity index (χ1) is 8.77. The summed E-state index contributed by atoms with van der Waals surface area (Å²) in [6, 6.07) is 7.66. The minimum absolute atomic E-state index is 0.281. The van der Waals surface area contributed by atoms with Gasteiger partial charge in [-0.2, -0.15) is 10.2 Å². The van der Waals surface area contributed by atoms with Gasteiger partial charge >= 0.3 is 5.97 Å². The molecule has 0 saturated heterocycles. The number of carbonyl (C=O) groups is 1. The first-order valence-corrected chi connectivity index (χ1v) is 5.51. The summed E-state index contributed by atoms with van der Waals surface area (Å²) >= 11 is 0. The second-order valence-electron chi connectivity index (χ2n) is 3.65.